The van der Waals surface area contributed by atoms with Gasteiger partial charge < -0.3 is 9.30 Å². The van der Waals surface area contributed by atoms with Crippen LogP contribution in [0.4, 0.5) is 0 Å². The van der Waals surface area contributed by atoms with Crippen LogP contribution in [-0.4, -0.2) is 23.3 Å². The van der Waals surface area contributed by atoms with Crippen molar-refractivity contribution in [2.75, 3.05) is 6.61 Å². The molecule has 1 amide bonds. The van der Waals surface area contributed by atoms with Crippen molar-refractivity contribution < 1.29 is 9.53 Å². The van der Waals surface area contributed by atoms with Crippen LogP contribution < -0.4 is 10.2 Å². The minimum atomic E-state index is -0.299. The molecule has 3 rings (SSSR count). The van der Waals surface area contributed by atoms with Gasteiger partial charge in [0.05, 0.1) is 6.21 Å². The number of amides is 1. The number of carbonyl (C=O) groups is 1. The summed E-state index contributed by atoms with van der Waals surface area (Å²) in [5.74, 6) is 0.399. The molecule has 1 aromatic heterocycles. The number of rotatable bonds is 6. The zero-order valence-electron chi connectivity index (χ0n) is 17.6. The van der Waals surface area contributed by atoms with E-state index in [-0.39, 0.29) is 12.5 Å². The van der Waals surface area contributed by atoms with Crippen LogP contribution in [0.25, 0.3) is 5.69 Å². The lowest BCUT2D eigenvalue weighted by molar-refractivity contribution is -0.123. The standard InChI is InChI=1S/C24H27N3O2/c1-16-10-17(2)12-22(11-16)27-19(4)13-21(20(27)5)14-25-26-24(28)15-29-23-9-7-6-8-18(23)3/h6-14H,15H2,1-5H3,(H,26,28)/b25-14+. The molecule has 0 aliphatic heterocycles. The highest BCUT2D eigenvalue weighted by Crippen LogP contribution is 2.22. The van der Waals surface area contributed by atoms with Crippen LogP contribution in [0.2, 0.25) is 0 Å². The number of hydrazone groups is 1. The molecule has 5 nitrogen and oxygen atoms in total. The summed E-state index contributed by atoms with van der Waals surface area (Å²) in [5, 5.41) is 4.10. The number of nitrogens with one attached hydrogen (secondary N) is 1. The maximum atomic E-state index is 12.0. The third kappa shape index (κ3) is 4.93. The number of carbonyl (C=O) groups excluding carboxylic acids is 1. The van der Waals surface area contributed by atoms with Crippen molar-refractivity contribution in [3.05, 3.63) is 82.2 Å². The number of hydrogen-bond acceptors (Lipinski definition) is 3. The molecule has 0 aliphatic carbocycles. The third-order valence-corrected chi connectivity index (χ3v) is 4.78. The minimum absolute atomic E-state index is 0.0796. The number of benzene rings is 2. The van der Waals surface area contributed by atoms with Gasteiger partial charge in [0, 0.05) is 22.6 Å². The van der Waals surface area contributed by atoms with E-state index in [4.69, 9.17) is 4.74 Å². The van der Waals surface area contributed by atoms with Gasteiger partial charge in [-0.1, -0.05) is 24.3 Å². The van der Waals surface area contributed by atoms with E-state index >= 15 is 0 Å². The Morgan fingerprint density at radius 3 is 2.41 bits per heavy atom. The zero-order valence-corrected chi connectivity index (χ0v) is 17.6. The fraction of sp³-hybridized carbons (Fsp3) is 0.250. The Bertz CT molecular complexity index is 1040. The number of aromatic nitrogens is 1. The van der Waals surface area contributed by atoms with Gasteiger partial charge in [-0.15, -0.1) is 0 Å². The smallest absolute Gasteiger partial charge is 0.277 e. The monoisotopic (exact) mass is 389 g/mol. The Morgan fingerprint density at radius 1 is 1.03 bits per heavy atom. The van der Waals surface area contributed by atoms with Crippen LogP contribution in [0, 0.1) is 34.6 Å². The van der Waals surface area contributed by atoms with Crippen LogP contribution in [0.5, 0.6) is 5.75 Å². The lowest BCUT2D eigenvalue weighted by atomic mass is 10.1. The Hall–Kier alpha value is -3.34. The summed E-state index contributed by atoms with van der Waals surface area (Å²) >= 11 is 0. The lowest BCUT2D eigenvalue weighted by Crippen LogP contribution is -2.24. The molecule has 1 heterocycles. The fourth-order valence-corrected chi connectivity index (χ4v) is 3.46. The molecule has 0 fully saturated rings. The Kier molecular flexibility index (Phi) is 6.17. The third-order valence-electron chi connectivity index (χ3n) is 4.78. The number of para-hydroxylation sites is 1. The first-order valence-corrected chi connectivity index (χ1v) is 9.63. The number of hydrogen-bond donors (Lipinski definition) is 1. The summed E-state index contributed by atoms with van der Waals surface area (Å²) in [4.78, 5) is 12.0. The second kappa shape index (κ2) is 8.78. The molecule has 0 atom stereocenters. The molecule has 0 spiro atoms. The summed E-state index contributed by atoms with van der Waals surface area (Å²) in [6.45, 7) is 10.2. The van der Waals surface area contributed by atoms with E-state index in [2.05, 4.69) is 67.1 Å². The molecule has 2 aromatic carbocycles. The Labute approximate surface area is 172 Å². The second-order valence-corrected chi connectivity index (χ2v) is 7.36. The zero-order chi connectivity index (χ0) is 21.0. The molecular formula is C24H27N3O2. The van der Waals surface area contributed by atoms with E-state index < -0.39 is 0 Å². The maximum absolute atomic E-state index is 12.0. The Balaban J connectivity index is 1.67. The highest BCUT2D eigenvalue weighted by molar-refractivity contribution is 5.84. The van der Waals surface area contributed by atoms with Gasteiger partial charge in [-0.2, -0.15) is 5.10 Å². The van der Waals surface area contributed by atoms with E-state index in [9.17, 15) is 4.79 Å². The molecule has 0 aliphatic rings. The predicted octanol–water partition coefficient (Wildman–Crippen LogP) is 4.55. The van der Waals surface area contributed by atoms with E-state index in [1.165, 1.54) is 11.1 Å². The minimum Gasteiger partial charge on any atom is -0.483 e. The van der Waals surface area contributed by atoms with Gasteiger partial charge in [0.15, 0.2) is 6.61 Å². The molecular weight excluding hydrogens is 362 g/mol. The average Bonchev–Trinajstić information content (AvgIpc) is 2.94. The second-order valence-electron chi connectivity index (χ2n) is 7.36. The Morgan fingerprint density at radius 2 is 1.72 bits per heavy atom. The topological polar surface area (TPSA) is 55.6 Å². The lowest BCUT2D eigenvalue weighted by Gasteiger charge is -2.11. The van der Waals surface area contributed by atoms with Crippen LogP contribution >= 0.6 is 0 Å². The molecule has 0 bridgehead atoms. The van der Waals surface area contributed by atoms with Gasteiger partial charge in [0.2, 0.25) is 0 Å². The van der Waals surface area contributed by atoms with Crippen molar-refractivity contribution in [1.82, 2.24) is 9.99 Å². The first kappa shape index (κ1) is 20.4. The normalized spacial score (nSPS) is 11.1. The van der Waals surface area contributed by atoms with Crippen LogP contribution in [0.15, 0.2) is 53.6 Å². The van der Waals surface area contributed by atoms with E-state index in [0.717, 1.165) is 28.2 Å². The van der Waals surface area contributed by atoms with Gasteiger partial charge in [-0.25, -0.2) is 5.43 Å². The van der Waals surface area contributed by atoms with Gasteiger partial charge in [-0.3, -0.25) is 4.79 Å². The van der Waals surface area contributed by atoms with Gasteiger partial charge in [0.25, 0.3) is 5.91 Å². The van der Waals surface area contributed by atoms with Gasteiger partial charge in [-0.05, 0) is 75.6 Å². The predicted molar refractivity (Wildman–Crippen MR) is 117 cm³/mol. The number of ether oxygens (including phenoxy) is 1. The van der Waals surface area contributed by atoms with Crippen molar-refractivity contribution in [2.45, 2.75) is 34.6 Å². The SMILES string of the molecule is Cc1cc(C)cc(-n2c(C)cc(/C=N/NC(=O)COc3ccccc3C)c2C)c1. The van der Waals surface area contributed by atoms with E-state index in [1.807, 2.05) is 31.2 Å². The largest absolute Gasteiger partial charge is 0.483 e. The van der Waals surface area contributed by atoms with Crippen LogP contribution in [-0.2, 0) is 4.79 Å². The quantitative estimate of drug-likeness (QED) is 0.497. The molecule has 0 saturated carbocycles. The molecule has 5 heteroatoms. The first-order chi connectivity index (χ1) is 13.8. The highest BCUT2D eigenvalue weighted by Gasteiger charge is 2.10. The fourth-order valence-electron chi connectivity index (χ4n) is 3.46. The van der Waals surface area contributed by atoms with Crippen molar-refractivity contribution in [3.63, 3.8) is 0 Å². The van der Waals surface area contributed by atoms with Crippen LogP contribution in [0.3, 0.4) is 0 Å². The van der Waals surface area contributed by atoms with Crippen molar-refractivity contribution in [1.29, 1.82) is 0 Å². The molecule has 29 heavy (non-hydrogen) atoms. The summed E-state index contributed by atoms with van der Waals surface area (Å²) in [6, 6.07) is 16.1. The molecule has 3 aromatic rings. The molecule has 1 N–H and O–H groups in total. The van der Waals surface area contributed by atoms with Gasteiger partial charge >= 0.3 is 0 Å². The van der Waals surface area contributed by atoms with E-state index in [1.54, 1.807) is 6.21 Å². The van der Waals surface area contributed by atoms with Crippen molar-refractivity contribution in [3.8, 4) is 11.4 Å². The molecule has 150 valence electrons. The van der Waals surface area contributed by atoms with Gasteiger partial charge in [0.1, 0.15) is 5.75 Å². The van der Waals surface area contributed by atoms with Crippen molar-refractivity contribution in [2.24, 2.45) is 5.10 Å². The van der Waals surface area contributed by atoms with Crippen molar-refractivity contribution >= 4 is 12.1 Å². The van der Waals surface area contributed by atoms with Crippen LogP contribution in [0.1, 0.15) is 33.6 Å². The molecule has 0 radical (unpaired) electrons. The summed E-state index contributed by atoms with van der Waals surface area (Å²) < 4.78 is 7.74. The maximum Gasteiger partial charge on any atom is 0.277 e. The summed E-state index contributed by atoms with van der Waals surface area (Å²) in [5.41, 5.74) is 10.2. The molecule has 0 unspecified atom stereocenters. The van der Waals surface area contributed by atoms with E-state index in [0.29, 0.717) is 5.75 Å². The summed E-state index contributed by atoms with van der Waals surface area (Å²) in [6.07, 6.45) is 1.67. The first-order valence-electron chi connectivity index (χ1n) is 9.63. The summed E-state index contributed by atoms with van der Waals surface area (Å²) in [7, 11) is 0. The molecule has 0 saturated heterocycles. The number of aryl methyl sites for hydroxylation is 4. The highest BCUT2D eigenvalue weighted by atomic mass is 16.5. The average molecular weight is 389 g/mol. The number of nitrogens with zero attached hydrogens (tertiary/aromatic N) is 2.